The van der Waals surface area contributed by atoms with E-state index < -0.39 is 0 Å². The van der Waals surface area contributed by atoms with Gasteiger partial charge < -0.3 is 4.90 Å². The van der Waals surface area contributed by atoms with Gasteiger partial charge in [0.2, 0.25) is 5.91 Å². The first-order valence-electron chi connectivity index (χ1n) is 7.49. The molecule has 0 saturated carbocycles. The second-order valence-corrected chi connectivity index (χ2v) is 7.56. The summed E-state index contributed by atoms with van der Waals surface area (Å²) in [7, 11) is 0. The highest BCUT2D eigenvalue weighted by Gasteiger charge is 2.42. The predicted octanol–water partition coefficient (Wildman–Crippen LogP) is 3.24. The first kappa shape index (κ1) is 14.4. The Labute approximate surface area is 129 Å². The van der Waals surface area contributed by atoms with Gasteiger partial charge in [-0.1, -0.05) is 13.3 Å². The summed E-state index contributed by atoms with van der Waals surface area (Å²) in [5.74, 6) is 2.69. The van der Waals surface area contributed by atoms with Gasteiger partial charge in [0.1, 0.15) is 6.17 Å². The van der Waals surface area contributed by atoms with Gasteiger partial charge in [-0.2, -0.15) is 23.1 Å². The molecule has 0 spiro atoms. The number of hydrogen-bond donors (Lipinski definition) is 1. The van der Waals surface area contributed by atoms with Crippen molar-refractivity contribution in [2.24, 2.45) is 0 Å². The van der Waals surface area contributed by atoms with Gasteiger partial charge in [0, 0.05) is 6.04 Å². The first-order chi connectivity index (χ1) is 9.81. The lowest BCUT2D eigenvalue weighted by atomic mass is 10.1. The number of thioether (sulfide) groups is 1. The molecule has 2 fully saturated rings. The molecule has 3 nitrogen and oxygen atoms in total. The molecule has 1 aromatic rings. The zero-order chi connectivity index (χ0) is 13.9. The fourth-order valence-corrected chi connectivity index (χ4v) is 4.95. The van der Waals surface area contributed by atoms with Crippen molar-refractivity contribution in [1.82, 2.24) is 10.2 Å². The summed E-state index contributed by atoms with van der Waals surface area (Å²) in [6, 6.07) is 2.58. The van der Waals surface area contributed by atoms with Crippen LogP contribution in [0, 0.1) is 0 Å². The third-order valence-corrected chi connectivity index (χ3v) is 5.96. The van der Waals surface area contributed by atoms with E-state index in [1.54, 1.807) is 11.3 Å². The molecule has 1 amide bonds. The average Bonchev–Trinajstić information content (AvgIpc) is 3.09. The van der Waals surface area contributed by atoms with Crippen LogP contribution in [0.1, 0.15) is 44.3 Å². The van der Waals surface area contributed by atoms with Gasteiger partial charge in [-0.25, -0.2) is 0 Å². The zero-order valence-electron chi connectivity index (χ0n) is 11.9. The first-order valence-corrected chi connectivity index (χ1v) is 9.59. The highest BCUT2D eigenvalue weighted by molar-refractivity contribution is 7.99. The molecular weight excluding hydrogens is 288 g/mol. The van der Waals surface area contributed by atoms with Crippen molar-refractivity contribution in [2.75, 3.05) is 11.5 Å². The molecular formula is C15H22N2OS2. The van der Waals surface area contributed by atoms with Crippen molar-refractivity contribution in [3.63, 3.8) is 0 Å². The number of amides is 1. The number of rotatable bonds is 4. The Bertz CT molecular complexity index is 443. The van der Waals surface area contributed by atoms with E-state index in [1.807, 2.05) is 11.8 Å². The quantitative estimate of drug-likeness (QED) is 0.926. The number of thiophene rings is 1. The summed E-state index contributed by atoms with van der Waals surface area (Å²) in [6.07, 6.45) is 4.36. The van der Waals surface area contributed by atoms with Gasteiger partial charge in [0.15, 0.2) is 0 Å². The average molecular weight is 310 g/mol. The molecule has 1 N–H and O–H groups in total. The van der Waals surface area contributed by atoms with E-state index in [0.717, 1.165) is 25.7 Å². The topological polar surface area (TPSA) is 32.3 Å². The highest BCUT2D eigenvalue weighted by Crippen LogP contribution is 2.34. The van der Waals surface area contributed by atoms with Crippen molar-refractivity contribution in [2.45, 2.75) is 50.9 Å². The standard InChI is InChI=1S/C15H22N2OS2/c1-2-3-13-15(18)17(12-5-8-19-9-6-12)14(16-13)11-4-7-20-10-11/h4,7,10,12-14,16H,2-3,5-6,8-9H2,1H3. The summed E-state index contributed by atoms with van der Waals surface area (Å²) < 4.78 is 0. The van der Waals surface area contributed by atoms with E-state index in [-0.39, 0.29) is 12.2 Å². The van der Waals surface area contributed by atoms with Gasteiger partial charge in [-0.05, 0) is 53.2 Å². The number of nitrogens with one attached hydrogen (secondary N) is 1. The van der Waals surface area contributed by atoms with Crippen LogP contribution >= 0.6 is 23.1 Å². The van der Waals surface area contributed by atoms with E-state index in [4.69, 9.17) is 0 Å². The summed E-state index contributed by atoms with van der Waals surface area (Å²) in [5, 5.41) is 7.84. The molecule has 0 aromatic carbocycles. The Morgan fingerprint density at radius 3 is 2.85 bits per heavy atom. The van der Waals surface area contributed by atoms with Crippen LogP contribution in [0.3, 0.4) is 0 Å². The molecule has 20 heavy (non-hydrogen) atoms. The van der Waals surface area contributed by atoms with Gasteiger partial charge in [0.05, 0.1) is 6.04 Å². The Morgan fingerprint density at radius 1 is 1.40 bits per heavy atom. The molecule has 3 heterocycles. The van der Waals surface area contributed by atoms with Crippen molar-refractivity contribution < 1.29 is 4.79 Å². The number of nitrogens with zero attached hydrogens (tertiary/aromatic N) is 1. The third-order valence-electron chi connectivity index (χ3n) is 4.21. The molecule has 0 bridgehead atoms. The maximum absolute atomic E-state index is 12.8. The molecule has 0 aliphatic carbocycles. The second kappa shape index (κ2) is 6.50. The molecule has 2 unspecified atom stereocenters. The lowest BCUT2D eigenvalue weighted by Gasteiger charge is -2.34. The molecule has 3 rings (SSSR count). The number of carbonyl (C=O) groups is 1. The third kappa shape index (κ3) is 2.76. The van der Waals surface area contributed by atoms with Crippen LogP contribution in [0.5, 0.6) is 0 Å². The van der Waals surface area contributed by atoms with E-state index in [0.29, 0.717) is 11.9 Å². The Balaban J connectivity index is 1.83. The predicted molar refractivity (Wildman–Crippen MR) is 86.1 cm³/mol. The molecule has 2 atom stereocenters. The van der Waals surface area contributed by atoms with Crippen molar-refractivity contribution in [3.8, 4) is 0 Å². The second-order valence-electron chi connectivity index (χ2n) is 5.56. The molecule has 5 heteroatoms. The van der Waals surface area contributed by atoms with Gasteiger partial charge >= 0.3 is 0 Å². The van der Waals surface area contributed by atoms with E-state index >= 15 is 0 Å². The zero-order valence-corrected chi connectivity index (χ0v) is 13.5. The van der Waals surface area contributed by atoms with Crippen molar-refractivity contribution in [3.05, 3.63) is 22.4 Å². The summed E-state index contributed by atoms with van der Waals surface area (Å²) >= 11 is 3.72. The fraction of sp³-hybridized carbons (Fsp3) is 0.667. The highest BCUT2D eigenvalue weighted by atomic mass is 32.2. The van der Waals surface area contributed by atoms with Gasteiger partial charge in [-0.15, -0.1) is 0 Å². The van der Waals surface area contributed by atoms with Crippen molar-refractivity contribution in [1.29, 1.82) is 0 Å². The summed E-state index contributed by atoms with van der Waals surface area (Å²) in [5.41, 5.74) is 1.25. The Morgan fingerprint density at radius 2 is 2.20 bits per heavy atom. The lowest BCUT2D eigenvalue weighted by molar-refractivity contribution is -0.132. The van der Waals surface area contributed by atoms with Crippen LogP contribution in [-0.2, 0) is 4.79 Å². The summed E-state index contributed by atoms with van der Waals surface area (Å²) in [6.45, 7) is 2.15. The monoisotopic (exact) mass is 310 g/mol. The van der Waals surface area contributed by atoms with Crippen LogP contribution < -0.4 is 5.32 Å². The van der Waals surface area contributed by atoms with Gasteiger partial charge in [0.25, 0.3) is 0 Å². The number of hydrogen-bond acceptors (Lipinski definition) is 4. The smallest absolute Gasteiger partial charge is 0.241 e. The minimum Gasteiger partial charge on any atom is -0.318 e. The van der Waals surface area contributed by atoms with E-state index in [9.17, 15) is 4.79 Å². The molecule has 2 saturated heterocycles. The van der Waals surface area contributed by atoms with Gasteiger partial charge in [-0.3, -0.25) is 10.1 Å². The maximum atomic E-state index is 12.8. The van der Waals surface area contributed by atoms with E-state index in [2.05, 4.69) is 34.0 Å². The Hall–Kier alpha value is -0.520. The van der Waals surface area contributed by atoms with Crippen LogP contribution in [0.2, 0.25) is 0 Å². The number of carbonyl (C=O) groups excluding carboxylic acids is 1. The minimum atomic E-state index is 0.0134. The summed E-state index contributed by atoms with van der Waals surface area (Å²) in [4.78, 5) is 14.9. The molecule has 2 aliphatic heterocycles. The van der Waals surface area contributed by atoms with Crippen LogP contribution in [0.4, 0.5) is 0 Å². The SMILES string of the molecule is CCCC1NC(c2ccsc2)N(C2CCSCC2)C1=O. The van der Waals surface area contributed by atoms with Crippen LogP contribution in [0.15, 0.2) is 16.8 Å². The molecule has 110 valence electrons. The van der Waals surface area contributed by atoms with Crippen molar-refractivity contribution >= 4 is 29.0 Å². The lowest BCUT2D eigenvalue weighted by Crippen LogP contribution is -2.42. The van der Waals surface area contributed by atoms with Crippen LogP contribution in [0.25, 0.3) is 0 Å². The minimum absolute atomic E-state index is 0.0134. The van der Waals surface area contributed by atoms with E-state index in [1.165, 1.54) is 17.1 Å². The normalized spacial score (nSPS) is 28.2. The molecule has 0 radical (unpaired) electrons. The Kier molecular flexibility index (Phi) is 4.68. The largest absolute Gasteiger partial charge is 0.318 e. The molecule has 2 aliphatic rings. The maximum Gasteiger partial charge on any atom is 0.241 e. The fourth-order valence-electron chi connectivity index (χ4n) is 3.19. The van der Waals surface area contributed by atoms with Crippen LogP contribution in [-0.4, -0.2) is 34.4 Å². The molecule has 1 aromatic heterocycles.